The number of nitrogens with zero attached hydrogens (tertiary/aromatic N) is 3. The standard InChI is InChI=1S/C19H21N5O/c1-14-3-2-4-16(11-14)23-7-9-24(10-8-23)19(25)22-15-5-6-17-18(12-15)21-13-20-17/h2-6,11-13H,7-10H2,1H3,(H,20,21)(H,22,25). The molecule has 0 aliphatic carbocycles. The van der Waals surface area contributed by atoms with Gasteiger partial charge in [0.05, 0.1) is 17.4 Å². The van der Waals surface area contributed by atoms with Gasteiger partial charge in [0.1, 0.15) is 0 Å². The van der Waals surface area contributed by atoms with Gasteiger partial charge in [0.15, 0.2) is 0 Å². The molecule has 0 unspecified atom stereocenters. The average molecular weight is 335 g/mol. The van der Waals surface area contributed by atoms with E-state index >= 15 is 0 Å². The Bertz CT molecular complexity index is 895. The molecule has 3 aromatic rings. The number of piperazine rings is 1. The van der Waals surface area contributed by atoms with E-state index in [-0.39, 0.29) is 6.03 Å². The van der Waals surface area contributed by atoms with Gasteiger partial charge in [0.2, 0.25) is 0 Å². The number of imidazole rings is 1. The van der Waals surface area contributed by atoms with Gasteiger partial charge in [-0.1, -0.05) is 12.1 Å². The number of aromatic amines is 1. The number of urea groups is 1. The second-order valence-corrected chi connectivity index (χ2v) is 6.38. The van der Waals surface area contributed by atoms with Gasteiger partial charge in [-0.05, 0) is 42.8 Å². The van der Waals surface area contributed by atoms with Crippen LogP contribution >= 0.6 is 0 Å². The molecule has 0 saturated carbocycles. The third-order valence-electron chi connectivity index (χ3n) is 4.61. The summed E-state index contributed by atoms with van der Waals surface area (Å²) in [5.74, 6) is 0. The molecule has 0 radical (unpaired) electrons. The number of nitrogens with one attached hydrogen (secondary N) is 2. The Morgan fingerprint density at radius 2 is 1.96 bits per heavy atom. The Labute approximate surface area is 146 Å². The quantitative estimate of drug-likeness (QED) is 0.756. The number of fused-ring (bicyclic) bond motifs is 1. The number of benzene rings is 2. The zero-order valence-electron chi connectivity index (χ0n) is 14.2. The molecule has 1 aromatic heterocycles. The maximum absolute atomic E-state index is 12.5. The second kappa shape index (κ2) is 6.47. The molecule has 1 aliphatic heterocycles. The Morgan fingerprint density at radius 3 is 2.76 bits per heavy atom. The van der Waals surface area contributed by atoms with Crippen molar-refractivity contribution >= 4 is 28.4 Å². The number of H-pyrrole nitrogens is 1. The van der Waals surface area contributed by atoms with Gasteiger partial charge in [-0.3, -0.25) is 0 Å². The van der Waals surface area contributed by atoms with E-state index in [4.69, 9.17) is 0 Å². The van der Waals surface area contributed by atoms with E-state index in [1.54, 1.807) is 6.33 Å². The van der Waals surface area contributed by atoms with Gasteiger partial charge in [-0.25, -0.2) is 9.78 Å². The number of aromatic nitrogens is 2. The third-order valence-corrected chi connectivity index (χ3v) is 4.61. The lowest BCUT2D eigenvalue weighted by Gasteiger charge is -2.36. The third kappa shape index (κ3) is 3.28. The maximum atomic E-state index is 12.5. The fraction of sp³-hybridized carbons (Fsp3) is 0.263. The summed E-state index contributed by atoms with van der Waals surface area (Å²) in [5, 5.41) is 2.98. The van der Waals surface area contributed by atoms with Crippen molar-refractivity contribution in [2.45, 2.75) is 6.92 Å². The Hall–Kier alpha value is -3.02. The van der Waals surface area contributed by atoms with Crippen LogP contribution in [0.25, 0.3) is 11.0 Å². The van der Waals surface area contributed by atoms with Crippen LogP contribution in [0.1, 0.15) is 5.56 Å². The van der Waals surface area contributed by atoms with Crippen LogP contribution in [0.5, 0.6) is 0 Å². The molecule has 4 rings (SSSR count). The van der Waals surface area contributed by atoms with E-state index in [2.05, 4.69) is 51.4 Å². The summed E-state index contributed by atoms with van der Waals surface area (Å²) >= 11 is 0. The van der Waals surface area contributed by atoms with Crippen molar-refractivity contribution in [3.05, 3.63) is 54.4 Å². The molecule has 128 valence electrons. The van der Waals surface area contributed by atoms with Gasteiger partial charge < -0.3 is 20.1 Å². The number of anilines is 2. The van der Waals surface area contributed by atoms with Gasteiger partial charge in [0, 0.05) is 37.6 Å². The number of carbonyl (C=O) groups is 1. The van der Waals surface area contributed by atoms with Gasteiger partial charge in [0.25, 0.3) is 0 Å². The van der Waals surface area contributed by atoms with Crippen LogP contribution in [-0.2, 0) is 0 Å². The first-order chi connectivity index (χ1) is 12.2. The summed E-state index contributed by atoms with van der Waals surface area (Å²) in [7, 11) is 0. The minimum absolute atomic E-state index is 0.0530. The molecule has 1 saturated heterocycles. The molecule has 0 atom stereocenters. The SMILES string of the molecule is Cc1cccc(N2CCN(C(=O)Nc3ccc4nc[nH]c4c3)CC2)c1. The number of hydrogen-bond acceptors (Lipinski definition) is 3. The normalized spacial score (nSPS) is 14.8. The number of carbonyl (C=O) groups excluding carboxylic acids is 1. The molecule has 6 nitrogen and oxygen atoms in total. The number of aryl methyl sites for hydroxylation is 1. The summed E-state index contributed by atoms with van der Waals surface area (Å²) in [5.41, 5.74) is 5.08. The molecule has 0 spiro atoms. The minimum Gasteiger partial charge on any atom is -0.368 e. The topological polar surface area (TPSA) is 64.3 Å². The number of amides is 2. The van der Waals surface area contributed by atoms with E-state index in [1.165, 1.54) is 11.3 Å². The molecule has 2 amide bonds. The Kier molecular flexibility index (Phi) is 4.01. The van der Waals surface area contributed by atoms with Gasteiger partial charge in [-0.2, -0.15) is 0 Å². The Morgan fingerprint density at radius 1 is 1.12 bits per heavy atom. The van der Waals surface area contributed by atoms with E-state index in [0.29, 0.717) is 13.1 Å². The van der Waals surface area contributed by atoms with Crippen LogP contribution in [0.15, 0.2) is 48.8 Å². The zero-order chi connectivity index (χ0) is 17.2. The van der Waals surface area contributed by atoms with E-state index in [1.807, 2.05) is 23.1 Å². The minimum atomic E-state index is -0.0530. The lowest BCUT2D eigenvalue weighted by Crippen LogP contribution is -2.50. The molecule has 6 heteroatoms. The van der Waals surface area contributed by atoms with Crippen LogP contribution in [-0.4, -0.2) is 47.1 Å². The fourth-order valence-corrected chi connectivity index (χ4v) is 3.21. The van der Waals surface area contributed by atoms with Crippen LogP contribution < -0.4 is 10.2 Å². The van der Waals surface area contributed by atoms with Crippen LogP contribution in [0.2, 0.25) is 0 Å². The highest BCUT2D eigenvalue weighted by molar-refractivity contribution is 5.92. The van der Waals surface area contributed by atoms with Crippen LogP contribution in [0.4, 0.5) is 16.2 Å². The Balaban J connectivity index is 1.37. The molecular formula is C19H21N5O. The van der Waals surface area contributed by atoms with Crippen molar-refractivity contribution in [1.82, 2.24) is 14.9 Å². The van der Waals surface area contributed by atoms with E-state index in [0.717, 1.165) is 29.8 Å². The summed E-state index contributed by atoms with van der Waals surface area (Å²) in [6, 6.07) is 14.1. The molecule has 25 heavy (non-hydrogen) atoms. The van der Waals surface area contributed by atoms with E-state index < -0.39 is 0 Å². The maximum Gasteiger partial charge on any atom is 0.321 e. The summed E-state index contributed by atoms with van der Waals surface area (Å²) in [6.07, 6.45) is 1.65. The number of hydrogen-bond donors (Lipinski definition) is 2. The van der Waals surface area contributed by atoms with Crippen molar-refractivity contribution in [2.24, 2.45) is 0 Å². The first-order valence-electron chi connectivity index (χ1n) is 8.50. The van der Waals surface area contributed by atoms with Gasteiger partial charge >= 0.3 is 6.03 Å². The fourth-order valence-electron chi connectivity index (χ4n) is 3.21. The van der Waals surface area contributed by atoms with Crippen molar-refractivity contribution < 1.29 is 4.79 Å². The number of rotatable bonds is 2. The van der Waals surface area contributed by atoms with Crippen molar-refractivity contribution in [3.63, 3.8) is 0 Å². The summed E-state index contributed by atoms with van der Waals surface area (Å²) in [4.78, 5) is 23.9. The summed E-state index contributed by atoms with van der Waals surface area (Å²) in [6.45, 7) is 5.22. The van der Waals surface area contributed by atoms with Crippen molar-refractivity contribution in [1.29, 1.82) is 0 Å². The largest absolute Gasteiger partial charge is 0.368 e. The van der Waals surface area contributed by atoms with Crippen LogP contribution in [0, 0.1) is 6.92 Å². The first-order valence-corrected chi connectivity index (χ1v) is 8.50. The summed E-state index contributed by atoms with van der Waals surface area (Å²) < 4.78 is 0. The zero-order valence-corrected chi connectivity index (χ0v) is 14.2. The molecular weight excluding hydrogens is 314 g/mol. The lowest BCUT2D eigenvalue weighted by atomic mass is 10.2. The molecule has 0 bridgehead atoms. The van der Waals surface area contributed by atoms with Gasteiger partial charge in [-0.15, -0.1) is 0 Å². The molecule has 1 fully saturated rings. The van der Waals surface area contributed by atoms with E-state index in [9.17, 15) is 4.79 Å². The van der Waals surface area contributed by atoms with Crippen molar-refractivity contribution in [2.75, 3.05) is 36.4 Å². The molecule has 2 heterocycles. The molecule has 2 N–H and O–H groups in total. The second-order valence-electron chi connectivity index (χ2n) is 6.38. The highest BCUT2D eigenvalue weighted by Gasteiger charge is 2.21. The van der Waals surface area contributed by atoms with Crippen molar-refractivity contribution in [3.8, 4) is 0 Å². The predicted molar refractivity (Wildman–Crippen MR) is 100 cm³/mol. The highest BCUT2D eigenvalue weighted by Crippen LogP contribution is 2.19. The molecule has 2 aromatic carbocycles. The average Bonchev–Trinajstić information content (AvgIpc) is 3.09. The van der Waals surface area contributed by atoms with Crippen LogP contribution in [0.3, 0.4) is 0 Å². The molecule has 1 aliphatic rings. The highest BCUT2D eigenvalue weighted by atomic mass is 16.2. The smallest absolute Gasteiger partial charge is 0.321 e. The monoisotopic (exact) mass is 335 g/mol. The predicted octanol–water partition coefficient (Wildman–Crippen LogP) is 3.23. The lowest BCUT2D eigenvalue weighted by molar-refractivity contribution is 0.208. The first kappa shape index (κ1) is 15.5.